The van der Waals surface area contributed by atoms with Gasteiger partial charge >= 0.3 is 0 Å². The van der Waals surface area contributed by atoms with Crippen LogP contribution in [0.2, 0.25) is 5.02 Å². The number of piperazine rings is 1. The molecule has 0 N–H and O–H groups in total. The van der Waals surface area contributed by atoms with Crippen LogP contribution in [0.25, 0.3) is 0 Å². The van der Waals surface area contributed by atoms with Crippen molar-refractivity contribution in [2.24, 2.45) is 0 Å². The molecule has 1 saturated heterocycles. The molecule has 0 unspecified atom stereocenters. The Hall–Kier alpha value is -3.43. The third-order valence-corrected chi connectivity index (χ3v) is 7.33. The second-order valence-electron chi connectivity index (χ2n) is 8.49. The molecular formula is C26H25ClFN3O4S. The Morgan fingerprint density at radius 3 is 2.28 bits per heavy atom. The average Bonchev–Trinajstić information content (AvgIpc) is 2.87. The first-order valence-electron chi connectivity index (χ1n) is 11.3. The van der Waals surface area contributed by atoms with Gasteiger partial charge in [0.1, 0.15) is 12.4 Å². The number of sulfone groups is 1. The maximum Gasteiger partial charge on any atom is 0.258 e. The van der Waals surface area contributed by atoms with E-state index in [4.69, 9.17) is 11.6 Å². The van der Waals surface area contributed by atoms with Gasteiger partial charge in [-0.15, -0.1) is 0 Å². The van der Waals surface area contributed by atoms with Gasteiger partial charge in [-0.05, 0) is 48.5 Å². The minimum atomic E-state index is -3.64. The largest absolute Gasteiger partial charge is 0.367 e. The number of hydrogen-bond donors (Lipinski definition) is 0. The minimum Gasteiger partial charge on any atom is -0.367 e. The summed E-state index contributed by atoms with van der Waals surface area (Å²) >= 11 is 6.07. The minimum absolute atomic E-state index is 0.0790. The predicted molar refractivity (Wildman–Crippen MR) is 138 cm³/mol. The fourth-order valence-electron chi connectivity index (χ4n) is 4.14. The molecule has 1 fully saturated rings. The van der Waals surface area contributed by atoms with E-state index in [1.165, 1.54) is 17.0 Å². The highest BCUT2D eigenvalue weighted by Crippen LogP contribution is 2.27. The fraction of sp³-hybridized carbons (Fsp3) is 0.231. The van der Waals surface area contributed by atoms with Gasteiger partial charge in [-0.1, -0.05) is 35.9 Å². The number of nitrogens with zero attached hydrogens (tertiary/aromatic N) is 3. The third kappa shape index (κ3) is 5.85. The van der Waals surface area contributed by atoms with E-state index in [2.05, 4.69) is 0 Å². The van der Waals surface area contributed by atoms with Crippen molar-refractivity contribution >= 4 is 44.6 Å². The molecule has 0 bridgehead atoms. The van der Waals surface area contributed by atoms with Crippen molar-refractivity contribution in [1.29, 1.82) is 0 Å². The van der Waals surface area contributed by atoms with Crippen molar-refractivity contribution in [3.8, 4) is 0 Å². The topological polar surface area (TPSA) is 78.0 Å². The molecule has 0 saturated carbocycles. The monoisotopic (exact) mass is 529 g/mol. The number of carbonyl (C=O) groups excluding carboxylic acids is 2. The zero-order chi connectivity index (χ0) is 25.9. The van der Waals surface area contributed by atoms with Gasteiger partial charge in [-0.3, -0.25) is 14.5 Å². The van der Waals surface area contributed by atoms with E-state index in [-0.39, 0.29) is 23.3 Å². The molecule has 0 radical (unpaired) electrons. The van der Waals surface area contributed by atoms with Crippen molar-refractivity contribution in [1.82, 2.24) is 4.90 Å². The summed E-state index contributed by atoms with van der Waals surface area (Å²) in [5.41, 5.74) is 1.36. The van der Waals surface area contributed by atoms with Gasteiger partial charge in [-0.25, -0.2) is 12.8 Å². The van der Waals surface area contributed by atoms with Crippen LogP contribution in [-0.2, 0) is 14.6 Å². The molecule has 0 aliphatic carbocycles. The van der Waals surface area contributed by atoms with Crippen molar-refractivity contribution in [3.63, 3.8) is 0 Å². The average molecular weight is 530 g/mol. The van der Waals surface area contributed by atoms with E-state index < -0.39 is 15.7 Å². The molecule has 3 aromatic carbocycles. The van der Waals surface area contributed by atoms with Gasteiger partial charge in [-0.2, -0.15) is 0 Å². The highest BCUT2D eigenvalue weighted by molar-refractivity contribution is 7.90. The standard InChI is InChI=1S/C26H25ClFN3O4S/c1-36(34,35)24-17-21(28)10-11-23(24)29-12-14-30(15-13-29)25(32)18-31(22-8-3-2-4-9-22)26(33)19-6-5-7-20(27)16-19/h2-11,16-17H,12-15,18H2,1H3. The Morgan fingerprint density at radius 1 is 0.944 bits per heavy atom. The fourth-order valence-corrected chi connectivity index (χ4v) is 5.24. The van der Waals surface area contributed by atoms with Crippen LogP contribution in [0.15, 0.2) is 77.7 Å². The van der Waals surface area contributed by atoms with Crippen molar-refractivity contribution in [2.45, 2.75) is 4.90 Å². The van der Waals surface area contributed by atoms with Gasteiger partial charge < -0.3 is 9.80 Å². The Bertz CT molecular complexity index is 1380. The lowest BCUT2D eigenvalue weighted by Gasteiger charge is -2.37. The highest BCUT2D eigenvalue weighted by atomic mass is 35.5. The number of halogens is 2. The first-order chi connectivity index (χ1) is 17.1. The molecule has 1 aliphatic rings. The molecule has 0 spiro atoms. The summed E-state index contributed by atoms with van der Waals surface area (Å²) in [4.78, 5) is 31.4. The normalized spacial score (nSPS) is 14.0. The van der Waals surface area contributed by atoms with Crippen LogP contribution in [0.4, 0.5) is 15.8 Å². The summed E-state index contributed by atoms with van der Waals surface area (Å²) in [6, 6.07) is 19.2. The molecule has 3 aromatic rings. The molecule has 0 aromatic heterocycles. The first kappa shape index (κ1) is 25.7. The van der Waals surface area contributed by atoms with Crippen molar-refractivity contribution < 1.29 is 22.4 Å². The van der Waals surface area contributed by atoms with E-state index >= 15 is 0 Å². The number of anilines is 2. The number of amides is 2. The number of hydrogen-bond acceptors (Lipinski definition) is 5. The van der Waals surface area contributed by atoms with Crippen LogP contribution in [0.3, 0.4) is 0 Å². The molecule has 188 valence electrons. The number of rotatable bonds is 6. The summed E-state index contributed by atoms with van der Waals surface area (Å²) in [5.74, 6) is -1.21. The lowest BCUT2D eigenvalue weighted by atomic mass is 10.1. The van der Waals surface area contributed by atoms with Crippen LogP contribution >= 0.6 is 11.6 Å². The molecule has 10 heteroatoms. The zero-order valence-electron chi connectivity index (χ0n) is 19.6. The van der Waals surface area contributed by atoms with Crippen LogP contribution in [0.5, 0.6) is 0 Å². The van der Waals surface area contributed by atoms with Gasteiger partial charge in [0.25, 0.3) is 5.91 Å². The molecule has 2 amide bonds. The molecule has 1 aliphatic heterocycles. The van der Waals surface area contributed by atoms with Gasteiger partial charge in [0, 0.05) is 48.7 Å². The lowest BCUT2D eigenvalue weighted by molar-refractivity contribution is -0.129. The molecule has 4 rings (SSSR count). The van der Waals surface area contributed by atoms with Gasteiger partial charge in [0.15, 0.2) is 9.84 Å². The highest BCUT2D eigenvalue weighted by Gasteiger charge is 2.28. The smallest absolute Gasteiger partial charge is 0.258 e. The summed E-state index contributed by atoms with van der Waals surface area (Å²) in [6.07, 6.45) is 1.04. The van der Waals surface area contributed by atoms with Crippen LogP contribution < -0.4 is 9.80 Å². The third-order valence-electron chi connectivity index (χ3n) is 5.97. The van der Waals surface area contributed by atoms with E-state index in [9.17, 15) is 22.4 Å². The SMILES string of the molecule is CS(=O)(=O)c1cc(F)ccc1N1CCN(C(=O)CN(C(=O)c2cccc(Cl)c2)c2ccccc2)CC1. The molecule has 0 atom stereocenters. The molecule has 36 heavy (non-hydrogen) atoms. The van der Waals surface area contributed by atoms with Crippen LogP contribution in [0, 0.1) is 5.82 Å². The summed E-state index contributed by atoms with van der Waals surface area (Å²) in [5, 5.41) is 0.422. The van der Waals surface area contributed by atoms with Crippen molar-refractivity contribution in [3.05, 3.63) is 89.2 Å². The first-order valence-corrected chi connectivity index (χ1v) is 13.6. The van der Waals surface area contributed by atoms with E-state index in [0.29, 0.717) is 48.1 Å². The summed E-state index contributed by atoms with van der Waals surface area (Å²) in [6.45, 7) is 1.22. The zero-order valence-corrected chi connectivity index (χ0v) is 21.2. The Morgan fingerprint density at radius 2 is 1.64 bits per heavy atom. The van der Waals surface area contributed by atoms with Gasteiger partial charge in [0.05, 0.1) is 10.6 Å². The Balaban J connectivity index is 1.49. The lowest BCUT2D eigenvalue weighted by Crippen LogP contribution is -2.52. The van der Waals surface area contributed by atoms with E-state index in [1.807, 2.05) is 11.0 Å². The second kappa shape index (κ2) is 10.7. The maximum atomic E-state index is 13.7. The van der Waals surface area contributed by atoms with Crippen molar-refractivity contribution in [2.75, 3.05) is 48.8 Å². The van der Waals surface area contributed by atoms with E-state index in [1.54, 1.807) is 53.4 Å². The summed E-state index contributed by atoms with van der Waals surface area (Å²) < 4.78 is 38.1. The maximum absolute atomic E-state index is 13.7. The number of benzene rings is 3. The molecule has 7 nitrogen and oxygen atoms in total. The van der Waals surface area contributed by atoms with Crippen LogP contribution in [-0.4, -0.2) is 64.1 Å². The molecular weight excluding hydrogens is 505 g/mol. The summed E-state index contributed by atoms with van der Waals surface area (Å²) in [7, 11) is -3.64. The Labute approximate surface area is 214 Å². The predicted octanol–water partition coefficient (Wildman–Crippen LogP) is 3.88. The second-order valence-corrected chi connectivity index (χ2v) is 10.9. The number of para-hydroxylation sites is 1. The van der Waals surface area contributed by atoms with Gasteiger partial charge in [0.2, 0.25) is 5.91 Å². The van der Waals surface area contributed by atoms with E-state index in [0.717, 1.165) is 12.3 Å². The number of carbonyl (C=O) groups is 2. The molecule has 1 heterocycles. The quantitative estimate of drug-likeness (QED) is 0.484. The van der Waals surface area contributed by atoms with Crippen LogP contribution in [0.1, 0.15) is 10.4 Å². The Kier molecular flexibility index (Phi) is 7.61.